The van der Waals surface area contributed by atoms with Gasteiger partial charge in [0.05, 0.1) is 5.56 Å². The maximum atomic E-state index is 11.8. The molecule has 0 aliphatic heterocycles. The molecule has 8 heteroatoms. The molecule has 0 fully saturated rings. The van der Waals surface area contributed by atoms with Crippen molar-refractivity contribution >= 4 is 32.5 Å². The zero-order valence-corrected chi connectivity index (χ0v) is 12.3. The van der Waals surface area contributed by atoms with Gasteiger partial charge in [-0.15, -0.1) is 11.3 Å². The van der Waals surface area contributed by atoms with Crippen LogP contribution in [0.3, 0.4) is 0 Å². The van der Waals surface area contributed by atoms with Crippen LogP contribution < -0.4 is 9.44 Å². The Hall–Kier alpha value is -1.12. The van der Waals surface area contributed by atoms with Gasteiger partial charge >= 0.3 is 5.97 Å². The monoisotopic (exact) mass is 304 g/mol. The number of aryl methyl sites for hydroxylation is 1. The van der Waals surface area contributed by atoms with Crippen LogP contribution in [-0.2, 0) is 23.1 Å². The van der Waals surface area contributed by atoms with Crippen LogP contribution in [0.5, 0.6) is 0 Å². The van der Waals surface area contributed by atoms with Crippen molar-refractivity contribution < 1.29 is 18.3 Å². The average molecular weight is 304 g/mol. The number of fused-ring (bicyclic) bond motifs is 1. The van der Waals surface area contributed by atoms with Gasteiger partial charge in [0, 0.05) is 10.9 Å². The Kier molecular flexibility index (Phi) is 3.84. The van der Waals surface area contributed by atoms with Crippen LogP contribution in [0.1, 0.15) is 41.1 Å². The zero-order valence-electron chi connectivity index (χ0n) is 10.7. The van der Waals surface area contributed by atoms with Crippen LogP contribution in [0.4, 0.5) is 5.00 Å². The molecule has 0 radical (unpaired) electrons. The number of carboxylic acids is 1. The second-order valence-corrected chi connectivity index (χ2v) is 7.30. The molecule has 1 aliphatic carbocycles. The molecule has 106 valence electrons. The normalized spacial score (nSPS) is 14.7. The third-order valence-corrected chi connectivity index (χ3v) is 5.34. The third-order valence-electron chi connectivity index (χ3n) is 2.75. The number of anilines is 1. The van der Waals surface area contributed by atoms with E-state index in [0.29, 0.717) is 6.42 Å². The highest BCUT2D eigenvalue weighted by atomic mass is 32.2. The summed E-state index contributed by atoms with van der Waals surface area (Å²) in [5.74, 6) is -1.08. The first-order chi connectivity index (χ1) is 8.80. The summed E-state index contributed by atoms with van der Waals surface area (Å²) in [5.41, 5.74) is 0.881. The lowest BCUT2D eigenvalue weighted by atomic mass is 10.1. The number of rotatable bonds is 5. The number of hydrogen-bond donors (Lipinski definition) is 3. The fourth-order valence-corrected chi connectivity index (χ4v) is 4.82. The van der Waals surface area contributed by atoms with Crippen molar-refractivity contribution in [2.45, 2.75) is 39.2 Å². The number of carbonyl (C=O) groups is 1. The molecule has 0 amide bonds. The number of thiophene rings is 1. The number of carboxylic acid groups (broad SMARTS) is 1. The molecule has 1 aromatic rings. The molecule has 0 bridgehead atoms. The van der Waals surface area contributed by atoms with Gasteiger partial charge in [-0.3, -0.25) is 4.72 Å². The molecule has 1 heterocycles. The summed E-state index contributed by atoms with van der Waals surface area (Å²) < 4.78 is 28.3. The van der Waals surface area contributed by atoms with Crippen LogP contribution in [0.15, 0.2) is 0 Å². The largest absolute Gasteiger partial charge is 0.478 e. The van der Waals surface area contributed by atoms with E-state index in [1.54, 1.807) is 13.8 Å². The molecule has 0 atom stereocenters. The molecule has 1 aliphatic rings. The number of hydrogen-bond acceptors (Lipinski definition) is 4. The summed E-state index contributed by atoms with van der Waals surface area (Å²) in [6.07, 6.45) is 2.45. The van der Waals surface area contributed by atoms with Crippen LogP contribution >= 0.6 is 11.3 Å². The van der Waals surface area contributed by atoms with E-state index < -0.39 is 16.2 Å². The minimum absolute atomic E-state index is 0.103. The highest BCUT2D eigenvalue weighted by molar-refractivity contribution is 7.91. The lowest BCUT2D eigenvalue weighted by Crippen LogP contribution is -2.35. The van der Waals surface area contributed by atoms with Gasteiger partial charge < -0.3 is 5.11 Å². The Morgan fingerprint density at radius 1 is 1.37 bits per heavy atom. The number of nitrogens with one attached hydrogen (secondary N) is 2. The average Bonchev–Trinajstić information content (AvgIpc) is 2.72. The van der Waals surface area contributed by atoms with Gasteiger partial charge in [-0.25, -0.2) is 4.79 Å². The summed E-state index contributed by atoms with van der Waals surface area (Å²) in [7, 11) is -3.73. The topological polar surface area (TPSA) is 95.5 Å². The van der Waals surface area contributed by atoms with Crippen LogP contribution in [-0.4, -0.2) is 25.5 Å². The van der Waals surface area contributed by atoms with Gasteiger partial charge in [-0.1, -0.05) is 0 Å². The van der Waals surface area contributed by atoms with Gasteiger partial charge in [-0.05, 0) is 38.7 Å². The molecular weight excluding hydrogens is 288 g/mol. The van der Waals surface area contributed by atoms with Gasteiger partial charge in [0.1, 0.15) is 5.00 Å². The molecule has 3 N–H and O–H groups in total. The predicted octanol–water partition coefficient (Wildman–Crippen LogP) is 1.59. The summed E-state index contributed by atoms with van der Waals surface area (Å²) in [6, 6.07) is -0.252. The van der Waals surface area contributed by atoms with Crippen LogP contribution in [0.25, 0.3) is 0 Å². The highest BCUT2D eigenvalue weighted by Gasteiger charge is 2.28. The molecule has 6 nitrogen and oxygen atoms in total. The Morgan fingerprint density at radius 2 is 2.05 bits per heavy atom. The molecule has 2 rings (SSSR count). The van der Waals surface area contributed by atoms with E-state index in [0.717, 1.165) is 23.3 Å². The lowest BCUT2D eigenvalue weighted by Gasteiger charge is -2.11. The molecule has 19 heavy (non-hydrogen) atoms. The van der Waals surface area contributed by atoms with E-state index in [4.69, 9.17) is 0 Å². The van der Waals surface area contributed by atoms with Crippen molar-refractivity contribution in [3.63, 3.8) is 0 Å². The smallest absolute Gasteiger partial charge is 0.339 e. The summed E-state index contributed by atoms with van der Waals surface area (Å²) in [5, 5.41) is 9.45. The van der Waals surface area contributed by atoms with Crippen LogP contribution in [0.2, 0.25) is 0 Å². The van der Waals surface area contributed by atoms with Gasteiger partial charge in [-0.2, -0.15) is 13.1 Å². The van der Waals surface area contributed by atoms with Gasteiger partial charge in [0.2, 0.25) is 0 Å². The minimum Gasteiger partial charge on any atom is -0.478 e. The van der Waals surface area contributed by atoms with Crippen LogP contribution in [0, 0.1) is 0 Å². The van der Waals surface area contributed by atoms with Crippen molar-refractivity contribution in [3.05, 3.63) is 16.0 Å². The second-order valence-electron chi connectivity index (χ2n) is 4.74. The first-order valence-corrected chi connectivity index (χ1v) is 8.28. The first kappa shape index (κ1) is 14.3. The molecule has 0 aromatic carbocycles. The second kappa shape index (κ2) is 5.10. The summed E-state index contributed by atoms with van der Waals surface area (Å²) >= 11 is 1.22. The molecule has 0 saturated heterocycles. The molecule has 0 saturated carbocycles. The third kappa shape index (κ3) is 3.07. The van der Waals surface area contributed by atoms with E-state index >= 15 is 0 Å². The first-order valence-electron chi connectivity index (χ1n) is 5.98. The molecule has 0 unspecified atom stereocenters. The molecule has 1 aromatic heterocycles. The summed E-state index contributed by atoms with van der Waals surface area (Å²) in [6.45, 7) is 3.40. The van der Waals surface area contributed by atoms with Crippen molar-refractivity contribution in [3.8, 4) is 0 Å². The Bertz CT molecular complexity index is 604. The zero-order chi connectivity index (χ0) is 14.2. The van der Waals surface area contributed by atoms with E-state index in [1.807, 2.05) is 0 Å². The fraction of sp³-hybridized carbons (Fsp3) is 0.545. The fourth-order valence-electron chi connectivity index (χ4n) is 2.16. The quantitative estimate of drug-likeness (QED) is 0.769. The molecule has 0 spiro atoms. The Morgan fingerprint density at radius 3 is 2.63 bits per heavy atom. The maximum Gasteiger partial charge on any atom is 0.339 e. The van der Waals surface area contributed by atoms with E-state index in [-0.39, 0.29) is 16.6 Å². The van der Waals surface area contributed by atoms with E-state index in [1.165, 1.54) is 11.3 Å². The highest BCUT2D eigenvalue weighted by Crippen LogP contribution is 2.39. The summed E-state index contributed by atoms with van der Waals surface area (Å²) in [4.78, 5) is 12.3. The van der Waals surface area contributed by atoms with Crippen molar-refractivity contribution in [1.29, 1.82) is 0 Å². The maximum absolute atomic E-state index is 11.8. The van der Waals surface area contributed by atoms with E-state index in [2.05, 4.69) is 9.44 Å². The van der Waals surface area contributed by atoms with Gasteiger partial charge in [0.15, 0.2) is 0 Å². The predicted molar refractivity (Wildman–Crippen MR) is 74.1 cm³/mol. The van der Waals surface area contributed by atoms with Gasteiger partial charge in [0.25, 0.3) is 10.2 Å². The number of aromatic carboxylic acids is 1. The van der Waals surface area contributed by atoms with Crippen molar-refractivity contribution in [2.75, 3.05) is 4.72 Å². The SMILES string of the molecule is CC(C)NS(=O)(=O)Nc1sc2c(c1C(=O)O)CCC2. The van der Waals surface area contributed by atoms with E-state index in [9.17, 15) is 18.3 Å². The molecular formula is C11H16N2O4S2. The Labute approximate surface area is 116 Å². The minimum atomic E-state index is -3.73. The Balaban J connectivity index is 2.34. The van der Waals surface area contributed by atoms with Crippen molar-refractivity contribution in [1.82, 2.24) is 4.72 Å². The standard InChI is InChI=1S/C11H16N2O4S2/c1-6(2)12-19(16,17)13-10-9(11(14)15)7-4-3-5-8(7)18-10/h6,12-13H,3-5H2,1-2H3,(H,14,15). The van der Waals surface area contributed by atoms with Crippen molar-refractivity contribution in [2.24, 2.45) is 0 Å². The lowest BCUT2D eigenvalue weighted by molar-refractivity contribution is 0.0697.